The van der Waals surface area contributed by atoms with Crippen LogP contribution < -0.4 is 5.32 Å². The summed E-state index contributed by atoms with van der Waals surface area (Å²) in [5, 5.41) is 20.5. The van der Waals surface area contributed by atoms with E-state index in [1.807, 2.05) is 6.07 Å². The summed E-state index contributed by atoms with van der Waals surface area (Å²) in [5.41, 5.74) is -1.00. The van der Waals surface area contributed by atoms with Crippen LogP contribution in [0.5, 0.6) is 0 Å². The van der Waals surface area contributed by atoms with Gasteiger partial charge < -0.3 is 15.2 Å². The van der Waals surface area contributed by atoms with Crippen molar-refractivity contribution in [3.8, 4) is 6.07 Å². The number of nitriles is 1. The molecule has 1 saturated heterocycles. The molecule has 21 heavy (non-hydrogen) atoms. The van der Waals surface area contributed by atoms with Crippen molar-refractivity contribution in [2.45, 2.75) is 16.9 Å². The Morgan fingerprint density at radius 3 is 2.86 bits per heavy atom. The highest BCUT2D eigenvalue weighted by molar-refractivity contribution is 7.99. The average Bonchev–Trinajstić information content (AvgIpc) is 2.95. The van der Waals surface area contributed by atoms with Gasteiger partial charge in [0.1, 0.15) is 0 Å². The number of aliphatic carboxylic acids is 1. The number of rotatable bonds is 5. The lowest BCUT2D eigenvalue weighted by molar-refractivity contribution is -0.144. The number of nitrogens with zero attached hydrogens (tertiary/aromatic N) is 1. The van der Waals surface area contributed by atoms with E-state index < -0.39 is 17.4 Å². The van der Waals surface area contributed by atoms with Gasteiger partial charge in [-0.15, -0.1) is 11.8 Å². The minimum atomic E-state index is -1.37. The molecule has 0 aromatic heterocycles. The van der Waals surface area contributed by atoms with Gasteiger partial charge in [0.25, 0.3) is 5.91 Å². The minimum Gasteiger partial charge on any atom is -0.479 e. The number of carboxylic acid groups (broad SMARTS) is 1. The van der Waals surface area contributed by atoms with Crippen molar-refractivity contribution in [1.29, 1.82) is 5.26 Å². The molecule has 0 spiro atoms. The smallest absolute Gasteiger partial charge is 0.331 e. The maximum absolute atomic E-state index is 12.4. The fraction of sp³-hybridized carbons (Fsp3) is 0.357. The van der Waals surface area contributed by atoms with Crippen LogP contribution in [0.15, 0.2) is 29.2 Å². The largest absolute Gasteiger partial charge is 0.479 e. The number of thioether (sulfide) groups is 1. The molecule has 2 N–H and O–H groups in total. The Morgan fingerprint density at radius 2 is 2.24 bits per heavy atom. The van der Waals surface area contributed by atoms with Gasteiger partial charge in [0.2, 0.25) is 0 Å². The van der Waals surface area contributed by atoms with Gasteiger partial charge in [-0.3, -0.25) is 4.79 Å². The molecular weight excluding hydrogens is 292 g/mol. The number of hydrogen-bond acceptors (Lipinski definition) is 5. The zero-order valence-corrected chi connectivity index (χ0v) is 12.0. The van der Waals surface area contributed by atoms with Gasteiger partial charge in [0.05, 0.1) is 24.0 Å². The van der Waals surface area contributed by atoms with Gasteiger partial charge in [0, 0.05) is 17.9 Å². The van der Waals surface area contributed by atoms with Crippen molar-refractivity contribution >= 4 is 23.6 Å². The van der Waals surface area contributed by atoms with Crippen LogP contribution in [0.1, 0.15) is 16.8 Å². The number of nitrogens with one attached hydrogen (secondary N) is 1. The number of amides is 1. The average molecular weight is 306 g/mol. The first-order valence-electron chi connectivity index (χ1n) is 6.31. The van der Waals surface area contributed by atoms with E-state index in [1.165, 1.54) is 11.8 Å². The lowest BCUT2D eigenvalue weighted by Crippen LogP contribution is -2.55. The predicted octanol–water partition coefficient (Wildman–Crippen LogP) is 1.28. The molecular formula is C14H14N2O4S. The summed E-state index contributed by atoms with van der Waals surface area (Å²) in [4.78, 5) is 24.4. The maximum atomic E-state index is 12.4. The fourth-order valence-electron chi connectivity index (χ4n) is 2.06. The molecule has 1 unspecified atom stereocenters. The highest BCUT2D eigenvalue weighted by Gasteiger charge is 2.44. The second-order valence-electron chi connectivity index (χ2n) is 4.59. The predicted molar refractivity (Wildman–Crippen MR) is 76.0 cm³/mol. The van der Waals surface area contributed by atoms with E-state index >= 15 is 0 Å². The molecule has 1 aromatic carbocycles. The molecule has 1 heterocycles. The van der Waals surface area contributed by atoms with Crippen molar-refractivity contribution in [3.63, 3.8) is 0 Å². The number of benzene rings is 1. The Kier molecular flexibility index (Phi) is 4.83. The van der Waals surface area contributed by atoms with E-state index in [4.69, 9.17) is 10.00 Å². The zero-order valence-electron chi connectivity index (χ0n) is 11.2. The summed E-state index contributed by atoms with van der Waals surface area (Å²) in [5.74, 6) is -1.35. The summed E-state index contributed by atoms with van der Waals surface area (Å²) in [6.07, 6.45) is 0.238. The quantitative estimate of drug-likeness (QED) is 0.795. The highest BCUT2D eigenvalue weighted by atomic mass is 32.2. The Labute approximate surface area is 126 Å². The van der Waals surface area contributed by atoms with Crippen LogP contribution in [0.25, 0.3) is 0 Å². The monoisotopic (exact) mass is 306 g/mol. The van der Waals surface area contributed by atoms with Crippen LogP contribution in [-0.2, 0) is 9.53 Å². The second-order valence-corrected chi connectivity index (χ2v) is 5.60. The lowest BCUT2D eigenvalue weighted by atomic mass is 9.98. The van der Waals surface area contributed by atoms with Gasteiger partial charge in [-0.1, -0.05) is 12.1 Å². The van der Waals surface area contributed by atoms with E-state index in [0.717, 1.165) is 0 Å². The summed E-state index contributed by atoms with van der Waals surface area (Å²) in [6.45, 7) is 0.263. The van der Waals surface area contributed by atoms with E-state index in [1.54, 1.807) is 24.3 Å². The maximum Gasteiger partial charge on any atom is 0.331 e. The minimum absolute atomic E-state index is 0.0401. The zero-order chi connectivity index (χ0) is 15.3. The van der Waals surface area contributed by atoms with E-state index in [2.05, 4.69) is 5.32 Å². The van der Waals surface area contributed by atoms with E-state index in [0.29, 0.717) is 17.1 Å². The first kappa shape index (κ1) is 15.4. The van der Waals surface area contributed by atoms with Crippen LogP contribution in [0.3, 0.4) is 0 Å². The Balaban J connectivity index is 2.20. The molecule has 0 saturated carbocycles. The van der Waals surface area contributed by atoms with Crippen LogP contribution >= 0.6 is 11.8 Å². The molecule has 6 nitrogen and oxygen atoms in total. The molecule has 1 aromatic rings. The van der Waals surface area contributed by atoms with Gasteiger partial charge in [-0.2, -0.15) is 5.26 Å². The number of carbonyl (C=O) groups is 2. The fourth-order valence-corrected chi connectivity index (χ4v) is 2.77. The third-order valence-electron chi connectivity index (χ3n) is 3.21. The lowest BCUT2D eigenvalue weighted by Gasteiger charge is -2.24. The molecule has 7 heteroatoms. The Bertz CT molecular complexity index is 591. The molecule has 110 valence electrons. The molecule has 1 amide bonds. The van der Waals surface area contributed by atoms with Crippen molar-refractivity contribution in [1.82, 2.24) is 5.32 Å². The molecule has 1 fully saturated rings. The molecule has 0 aliphatic carbocycles. The van der Waals surface area contributed by atoms with Crippen LogP contribution in [0, 0.1) is 11.3 Å². The molecule has 1 aliphatic heterocycles. The van der Waals surface area contributed by atoms with Crippen molar-refractivity contribution < 1.29 is 19.4 Å². The van der Waals surface area contributed by atoms with Gasteiger partial charge in [-0.05, 0) is 12.1 Å². The summed E-state index contributed by atoms with van der Waals surface area (Å²) in [7, 11) is 0. The van der Waals surface area contributed by atoms with Gasteiger partial charge >= 0.3 is 5.97 Å². The van der Waals surface area contributed by atoms with Crippen LogP contribution in [0.4, 0.5) is 0 Å². The molecule has 1 atom stereocenters. The van der Waals surface area contributed by atoms with E-state index in [9.17, 15) is 14.7 Å². The second kappa shape index (κ2) is 6.61. The molecule has 0 radical (unpaired) electrons. The van der Waals surface area contributed by atoms with Crippen LogP contribution in [-0.4, -0.2) is 41.5 Å². The molecule has 1 aliphatic rings. The Morgan fingerprint density at radius 1 is 1.48 bits per heavy atom. The third kappa shape index (κ3) is 3.35. The Hall–Kier alpha value is -2.04. The van der Waals surface area contributed by atoms with Crippen molar-refractivity contribution in [3.05, 3.63) is 29.8 Å². The summed E-state index contributed by atoms with van der Waals surface area (Å²) < 4.78 is 5.11. The number of carboxylic acids is 1. The van der Waals surface area contributed by atoms with Gasteiger partial charge in [0.15, 0.2) is 5.54 Å². The summed E-state index contributed by atoms with van der Waals surface area (Å²) >= 11 is 1.24. The third-order valence-corrected chi connectivity index (χ3v) is 4.15. The topological polar surface area (TPSA) is 99.4 Å². The van der Waals surface area contributed by atoms with Gasteiger partial charge in [-0.25, -0.2) is 4.79 Å². The van der Waals surface area contributed by atoms with Crippen LogP contribution in [0.2, 0.25) is 0 Å². The standard InChI is InChI=1S/C14H14N2O4S/c15-6-8-21-11-4-2-1-3-10(11)12(17)16-14(13(18)19)5-7-20-9-14/h1-4H,5,7-9H2,(H,16,17)(H,18,19). The number of hydrogen-bond donors (Lipinski definition) is 2. The first-order chi connectivity index (χ1) is 10.1. The van der Waals surface area contributed by atoms with Crippen molar-refractivity contribution in [2.24, 2.45) is 0 Å². The van der Waals surface area contributed by atoms with Crippen molar-refractivity contribution in [2.75, 3.05) is 19.0 Å². The molecule has 0 bridgehead atoms. The summed E-state index contributed by atoms with van der Waals surface area (Å²) in [6, 6.07) is 8.81. The molecule has 2 rings (SSSR count). The number of ether oxygens (including phenoxy) is 1. The SMILES string of the molecule is N#CCSc1ccccc1C(=O)NC1(C(=O)O)CCOC1. The normalized spacial score (nSPS) is 20.7. The number of carbonyl (C=O) groups excluding carboxylic acids is 1. The highest BCUT2D eigenvalue weighted by Crippen LogP contribution is 2.24. The van der Waals surface area contributed by atoms with E-state index in [-0.39, 0.29) is 18.8 Å². The first-order valence-corrected chi connectivity index (χ1v) is 7.30.